The van der Waals surface area contributed by atoms with Crippen LogP contribution in [0.25, 0.3) is 0 Å². The Labute approximate surface area is 160 Å². The van der Waals surface area contributed by atoms with Crippen LogP contribution in [0.5, 0.6) is 0 Å². The number of nitrogens with zero attached hydrogens (tertiary/aromatic N) is 2. The van der Waals surface area contributed by atoms with Gasteiger partial charge in [0.1, 0.15) is 5.82 Å². The van der Waals surface area contributed by atoms with Crippen molar-refractivity contribution in [2.75, 3.05) is 17.2 Å². The number of hydrogen-bond acceptors (Lipinski definition) is 6. The smallest absolute Gasteiger partial charge is 0.340 e. The van der Waals surface area contributed by atoms with Gasteiger partial charge in [-0.1, -0.05) is 12.1 Å². The summed E-state index contributed by atoms with van der Waals surface area (Å²) in [6.07, 6.45) is 0. The van der Waals surface area contributed by atoms with Crippen molar-refractivity contribution in [2.24, 2.45) is 0 Å². The van der Waals surface area contributed by atoms with Crippen molar-refractivity contribution in [2.45, 2.75) is 6.92 Å². The molecule has 0 spiro atoms. The Hall–Kier alpha value is -3.81. The molecule has 0 saturated carbocycles. The molecule has 7 nitrogen and oxygen atoms in total. The number of carbonyl (C=O) groups is 2. The van der Waals surface area contributed by atoms with Crippen molar-refractivity contribution in [3.63, 3.8) is 0 Å². The second kappa shape index (κ2) is 8.72. The molecular formula is C20H17FN4O3. The highest BCUT2D eigenvalue weighted by atomic mass is 19.1. The third-order valence-electron chi connectivity index (χ3n) is 3.68. The topological polar surface area (TPSA) is 93.2 Å². The van der Waals surface area contributed by atoms with Crippen LogP contribution in [0.1, 0.15) is 27.8 Å². The van der Waals surface area contributed by atoms with Crippen LogP contribution in [-0.4, -0.2) is 28.7 Å². The maximum Gasteiger partial charge on any atom is 0.340 e. The Morgan fingerprint density at radius 3 is 2.43 bits per heavy atom. The fraction of sp³-hybridized carbons (Fsp3) is 0.100. The fourth-order valence-corrected chi connectivity index (χ4v) is 2.37. The first-order chi connectivity index (χ1) is 13.6. The summed E-state index contributed by atoms with van der Waals surface area (Å²) in [5, 5.41) is 13.4. The Morgan fingerprint density at radius 2 is 1.75 bits per heavy atom. The molecule has 1 amide bonds. The van der Waals surface area contributed by atoms with Gasteiger partial charge in [0.25, 0.3) is 5.91 Å². The molecule has 2 N–H and O–H groups in total. The molecule has 0 radical (unpaired) electrons. The quantitative estimate of drug-likeness (QED) is 0.632. The van der Waals surface area contributed by atoms with E-state index in [0.717, 1.165) is 0 Å². The van der Waals surface area contributed by atoms with Gasteiger partial charge in [-0.15, -0.1) is 10.2 Å². The van der Waals surface area contributed by atoms with Crippen molar-refractivity contribution in [1.82, 2.24) is 10.2 Å². The van der Waals surface area contributed by atoms with Gasteiger partial charge in [-0.25, -0.2) is 9.18 Å². The molecule has 142 valence electrons. The van der Waals surface area contributed by atoms with Gasteiger partial charge in [0.15, 0.2) is 11.5 Å². The van der Waals surface area contributed by atoms with Crippen molar-refractivity contribution in [1.29, 1.82) is 0 Å². The van der Waals surface area contributed by atoms with Gasteiger partial charge in [0, 0.05) is 5.69 Å². The number of hydrogen-bond donors (Lipinski definition) is 2. The summed E-state index contributed by atoms with van der Waals surface area (Å²) in [7, 11) is 0. The lowest BCUT2D eigenvalue weighted by Crippen LogP contribution is -2.17. The predicted molar refractivity (Wildman–Crippen MR) is 102 cm³/mol. The van der Waals surface area contributed by atoms with Gasteiger partial charge in [-0.2, -0.15) is 0 Å². The Morgan fingerprint density at radius 1 is 1.00 bits per heavy atom. The van der Waals surface area contributed by atoms with E-state index in [4.69, 9.17) is 4.74 Å². The number of aromatic nitrogens is 2. The first kappa shape index (κ1) is 19.0. The van der Waals surface area contributed by atoms with E-state index >= 15 is 0 Å². The molecule has 2 aromatic carbocycles. The second-order valence-corrected chi connectivity index (χ2v) is 5.66. The van der Waals surface area contributed by atoms with Gasteiger partial charge in [-0.05, 0) is 55.5 Å². The normalized spacial score (nSPS) is 10.2. The SMILES string of the molecule is CCOC(=O)c1ccccc1NC(=O)c1ccc(Nc2ccc(F)cc2)nn1. The standard InChI is InChI=1S/C20H17FN4O3/c1-2-28-20(27)15-5-3-4-6-16(15)23-19(26)17-11-12-18(25-24-17)22-14-9-7-13(21)8-10-14/h3-12H,2H2,1H3,(H,22,25)(H,23,26). The van der Waals surface area contributed by atoms with Crippen LogP contribution < -0.4 is 10.6 Å². The van der Waals surface area contributed by atoms with Gasteiger partial charge in [0.05, 0.1) is 17.9 Å². The van der Waals surface area contributed by atoms with E-state index in [0.29, 0.717) is 17.2 Å². The van der Waals surface area contributed by atoms with Crippen LogP contribution in [0.3, 0.4) is 0 Å². The second-order valence-electron chi connectivity index (χ2n) is 5.66. The average molecular weight is 380 g/mol. The summed E-state index contributed by atoms with van der Waals surface area (Å²) in [6.45, 7) is 1.94. The van der Waals surface area contributed by atoms with Gasteiger partial charge in [-0.3, -0.25) is 4.79 Å². The third kappa shape index (κ3) is 4.67. The van der Waals surface area contributed by atoms with E-state index < -0.39 is 11.9 Å². The summed E-state index contributed by atoms with van der Waals surface area (Å²) in [5.74, 6) is -0.984. The van der Waals surface area contributed by atoms with E-state index in [1.54, 1.807) is 49.4 Å². The monoisotopic (exact) mass is 380 g/mol. The first-order valence-corrected chi connectivity index (χ1v) is 8.50. The minimum Gasteiger partial charge on any atom is -0.462 e. The molecule has 0 bridgehead atoms. The van der Waals surface area contributed by atoms with Gasteiger partial charge >= 0.3 is 5.97 Å². The minimum absolute atomic E-state index is 0.0725. The lowest BCUT2D eigenvalue weighted by molar-refractivity contribution is 0.0527. The molecule has 0 aliphatic rings. The van der Waals surface area contributed by atoms with Crippen LogP contribution in [-0.2, 0) is 4.74 Å². The zero-order valence-corrected chi connectivity index (χ0v) is 15.0. The number of esters is 1. The molecular weight excluding hydrogens is 363 g/mol. The minimum atomic E-state index is -0.525. The van der Waals surface area contributed by atoms with Gasteiger partial charge < -0.3 is 15.4 Å². The highest BCUT2D eigenvalue weighted by Crippen LogP contribution is 2.18. The van der Waals surface area contributed by atoms with Crippen LogP contribution in [0.2, 0.25) is 0 Å². The number of benzene rings is 2. The van der Waals surface area contributed by atoms with Crippen molar-refractivity contribution < 1.29 is 18.7 Å². The zero-order chi connectivity index (χ0) is 19.9. The predicted octanol–water partition coefficient (Wildman–Crippen LogP) is 3.79. The zero-order valence-electron chi connectivity index (χ0n) is 15.0. The first-order valence-electron chi connectivity index (χ1n) is 8.50. The highest BCUT2D eigenvalue weighted by Gasteiger charge is 2.15. The molecule has 0 fully saturated rings. The molecule has 0 unspecified atom stereocenters. The molecule has 3 rings (SSSR count). The van der Waals surface area contributed by atoms with Crippen LogP contribution >= 0.6 is 0 Å². The number of halogens is 1. The lowest BCUT2D eigenvalue weighted by atomic mass is 10.1. The molecule has 0 aliphatic carbocycles. The number of para-hydroxylation sites is 1. The molecule has 3 aromatic rings. The number of rotatable bonds is 6. The summed E-state index contributed by atoms with van der Waals surface area (Å²) >= 11 is 0. The molecule has 1 heterocycles. The number of nitrogens with one attached hydrogen (secondary N) is 2. The third-order valence-corrected chi connectivity index (χ3v) is 3.68. The summed E-state index contributed by atoms with van der Waals surface area (Å²) in [6, 6.07) is 15.4. The highest BCUT2D eigenvalue weighted by molar-refractivity contribution is 6.07. The molecule has 1 aromatic heterocycles. The van der Waals surface area contributed by atoms with E-state index in [-0.39, 0.29) is 23.7 Å². The van der Waals surface area contributed by atoms with E-state index in [9.17, 15) is 14.0 Å². The fourth-order valence-electron chi connectivity index (χ4n) is 2.37. The van der Waals surface area contributed by atoms with Crippen molar-refractivity contribution in [3.05, 3.63) is 77.7 Å². The summed E-state index contributed by atoms with van der Waals surface area (Å²) in [4.78, 5) is 24.4. The van der Waals surface area contributed by atoms with E-state index in [2.05, 4.69) is 20.8 Å². The van der Waals surface area contributed by atoms with E-state index in [1.807, 2.05) is 0 Å². The molecule has 0 atom stereocenters. The molecule has 0 aliphatic heterocycles. The lowest BCUT2D eigenvalue weighted by Gasteiger charge is -2.10. The van der Waals surface area contributed by atoms with Crippen LogP contribution in [0, 0.1) is 5.82 Å². The molecule has 0 saturated heterocycles. The Kier molecular flexibility index (Phi) is 5.91. The molecule has 28 heavy (non-hydrogen) atoms. The van der Waals surface area contributed by atoms with Crippen molar-refractivity contribution in [3.8, 4) is 0 Å². The maximum atomic E-state index is 12.9. The van der Waals surface area contributed by atoms with Crippen LogP contribution in [0.4, 0.5) is 21.6 Å². The van der Waals surface area contributed by atoms with Gasteiger partial charge in [0.2, 0.25) is 0 Å². The summed E-state index contributed by atoms with van der Waals surface area (Å²) in [5.41, 5.74) is 1.28. The largest absolute Gasteiger partial charge is 0.462 e. The van der Waals surface area contributed by atoms with E-state index in [1.165, 1.54) is 18.2 Å². The number of amides is 1. The number of ether oxygens (including phenoxy) is 1. The Bertz CT molecular complexity index is 976. The number of carbonyl (C=O) groups excluding carboxylic acids is 2. The van der Waals surface area contributed by atoms with Crippen molar-refractivity contribution >= 4 is 29.1 Å². The molecule has 8 heteroatoms. The van der Waals surface area contributed by atoms with Crippen LogP contribution in [0.15, 0.2) is 60.7 Å². The average Bonchev–Trinajstić information content (AvgIpc) is 2.71. The maximum absolute atomic E-state index is 12.9. The number of anilines is 3. The Balaban J connectivity index is 1.70. The summed E-state index contributed by atoms with van der Waals surface area (Å²) < 4.78 is 17.9.